The van der Waals surface area contributed by atoms with Crippen LogP contribution >= 0.6 is 23.2 Å². The molecule has 0 radical (unpaired) electrons. The first-order valence-corrected chi connectivity index (χ1v) is 8.43. The fraction of sp³-hybridized carbons (Fsp3) is 0. The summed E-state index contributed by atoms with van der Waals surface area (Å²) in [5.74, 6) is -0.810. The molecule has 0 saturated heterocycles. The van der Waals surface area contributed by atoms with Crippen molar-refractivity contribution >= 4 is 41.3 Å². The Bertz CT molecular complexity index is 983. The van der Waals surface area contributed by atoms with Crippen molar-refractivity contribution in [1.82, 2.24) is 5.43 Å². The molecule has 0 bridgehead atoms. The van der Waals surface area contributed by atoms with Crippen LogP contribution in [-0.4, -0.2) is 18.1 Å². The average Bonchev–Trinajstić information content (AvgIpc) is 3.19. The Kier molecular flexibility index (Phi) is 5.90. The number of rotatable bonds is 5. The minimum Gasteiger partial charge on any atom is -0.457 e. The van der Waals surface area contributed by atoms with Gasteiger partial charge in [-0.2, -0.15) is 5.10 Å². The number of nitrogens with zero attached hydrogens (tertiary/aromatic N) is 1. The van der Waals surface area contributed by atoms with E-state index in [4.69, 9.17) is 32.4 Å². The summed E-state index contributed by atoms with van der Waals surface area (Å²) in [6.45, 7) is 0. The molecule has 1 heterocycles. The highest BCUT2D eigenvalue weighted by Crippen LogP contribution is 2.22. The van der Waals surface area contributed by atoms with E-state index in [2.05, 4.69) is 10.5 Å². The molecule has 27 heavy (non-hydrogen) atoms. The monoisotopic (exact) mass is 402 g/mol. The number of benzene rings is 2. The zero-order chi connectivity index (χ0) is 19.2. The number of carbonyl (C=O) groups excluding carboxylic acids is 2. The van der Waals surface area contributed by atoms with Gasteiger partial charge in [-0.1, -0.05) is 23.2 Å². The van der Waals surface area contributed by atoms with Crippen molar-refractivity contribution in [3.8, 4) is 5.75 Å². The van der Waals surface area contributed by atoms with Gasteiger partial charge in [0.1, 0.15) is 5.75 Å². The maximum atomic E-state index is 12.0. The lowest BCUT2D eigenvalue weighted by molar-refractivity contribution is 0.0701. The number of hydrogen-bond donors (Lipinski definition) is 1. The summed E-state index contributed by atoms with van der Waals surface area (Å²) in [5, 5.41) is 4.82. The zero-order valence-electron chi connectivity index (χ0n) is 13.7. The van der Waals surface area contributed by atoms with Gasteiger partial charge >= 0.3 is 5.97 Å². The Morgan fingerprint density at radius 1 is 1.04 bits per heavy atom. The van der Waals surface area contributed by atoms with Crippen LogP contribution in [0.4, 0.5) is 0 Å². The molecule has 6 nitrogen and oxygen atoms in total. The van der Waals surface area contributed by atoms with Crippen LogP contribution < -0.4 is 10.2 Å². The standard InChI is InChI=1S/C19H12Cl2N2O4/c20-14-5-3-12(4-6-14)18(24)23-22-11-13-10-15(21)7-8-16(13)27-19(25)17-2-1-9-26-17/h1-11H,(H,23,24)/b22-11+. The van der Waals surface area contributed by atoms with Crippen molar-refractivity contribution in [3.63, 3.8) is 0 Å². The second kappa shape index (κ2) is 8.53. The molecule has 0 spiro atoms. The van der Waals surface area contributed by atoms with E-state index in [1.165, 1.54) is 24.6 Å². The van der Waals surface area contributed by atoms with E-state index in [1.54, 1.807) is 42.5 Å². The zero-order valence-corrected chi connectivity index (χ0v) is 15.2. The Hall–Kier alpha value is -3.09. The molecule has 1 N–H and O–H groups in total. The van der Waals surface area contributed by atoms with Crippen molar-refractivity contribution in [1.29, 1.82) is 0 Å². The summed E-state index contributed by atoms with van der Waals surface area (Å²) < 4.78 is 10.3. The molecular weight excluding hydrogens is 391 g/mol. The number of amides is 1. The van der Waals surface area contributed by atoms with Crippen LogP contribution in [0.25, 0.3) is 0 Å². The maximum absolute atomic E-state index is 12.0. The van der Waals surface area contributed by atoms with E-state index in [9.17, 15) is 9.59 Å². The van der Waals surface area contributed by atoms with Crippen molar-refractivity contribution in [2.45, 2.75) is 0 Å². The Labute approximate surface area is 164 Å². The summed E-state index contributed by atoms with van der Waals surface area (Å²) in [4.78, 5) is 24.1. The third-order valence-corrected chi connectivity index (χ3v) is 3.86. The van der Waals surface area contributed by atoms with Crippen molar-refractivity contribution in [3.05, 3.63) is 87.8 Å². The van der Waals surface area contributed by atoms with Gasteiger partial charge in [-0.25, -0.2) is 10.2 Å². The van der Waals surface area contributed by atoms with Crippen LogP contribution in [0.1, 0.15) is 26.5 Å². The summed E-state index contributed by atoms with van der Waals surface area (Å²) in [6, 6.07) is 14.0. The van der Waals surface area contributed by atoms with Gasteiger partial charge in [0.25, 0.3) is 5.91 Å². The summed E-state index contributed by atoms with van der Waals surface area (Å²) >= 11 is 11.8. The summed E-state index contributed by atoms with van der Waals surface area (Å²) in [5.41, 5.74) is 3.18. The number of nitrogens with one attached hydrogen (secondary N) is 1. The lowest BCUT2D eigenvalue weighted by Crippen LogP contribution is -2.17. The maximum Gasteiger partial charge on any atom is 0.379 e. The molecule has 2 aromatic carbocycles. The molecule has 0 fully saturated rings. The highest BCUT2D eigenvalue weighted by atomic mass is 35.5. The fourth-order valence-corrected chi connectivity index (χ4v) is 2.39. The molecule has 0 atom stereocenters. The molecule has 3 rings (SSSR count). The van der Waals surface area contributed by atoms with Gasteiger partial charge in [0.15, 0.2) is 0 Å². The van der Waals surface area contributed by atoms with Gasteiger partial charge in [-0.3, -0.25) is 4.79 Å². The predicted molar refractivity (Wildman–Crippen MR) is 102 cm³/mol. The van der Waals surface area contributed by atoms with E-state index in [0.717, 1.165) is 0 Å². The molecule has 1 amide bonds. The van der Waals surface area contributed by atoms with E-state index in [-0.39, 0.29) is 11.5 Å². The minimum absolute atomic E-state index is 0.0591. The molecule has 0 aliphatic heterocycles. The first-order valence-electron chi connectivity index (χ1n) is 7.67. The lowest BCUT2D eigenvalue weighted by atomic mass is 10.2. The van der Waals surface area contributed by atoms with Crippen LogP contribution in [0, 0.1) is 0 Å². The highest BCUT2D eigenvalue weighted by molar-refractivity contribution is 6.31. The second-order valence-corrected chi connectivity index (χ2v) is 6.13. The smallest absolute Gasteiger partial charge is 0.379 e. The Balaban J connectivity index is 1.72. The van der Waals surface area contributed by atoms with Gasteiger partial charge in [0.2, 0.25) is 5.76 Å². The number of ether oxygens (including phenoxy) is 1. The van der Waals surface area contributed by atoms with Crippen LogP contribution in [0.5, 0.6) is 5.75 Å². The molecule has 0 saturated carbocycles. The lowest BCUT2D eigenvalue weighted by Gasteiger charge is -2.06. The summed E-state index contributed by atoms with van der Waals surface area (Å²) in [7, 11) is 0. The first kappa shape index (κ1) is 18.7. The number of esters is 1. The van der Waals surface area contributed by atoms with Crippen LogP contribution in [0.2, 0.25) is 10.0 Å². The Morgan fingerprint density at radius 2 is 1.78 bits per heavy atom. The predicted octanol–water partition coefficient (Wildman–Crippen LogP) is 4.57. The minimum atomic E-state index is -0.665. The van der Waals surface area contributed by atoms with Crippen LogP contribution in [0.15, 0.2) is 70.4 Å². The number of hydrazone groups is 1. The fourth-order valence-electron chi connectivity index (χ4n) is 2.08. The van der Waals surface area contributed by atoms with Crippen molar-refractivity contribution in [2.24, 2.45) is 5.10 Å². The number of carbonyl (C=O) groups is 2. The third kappa shape index (κ3) is 4.97. The number of furan rings is 1. The topological polar surface area (TPSA) is 80.9 Å². The second-order valence-electron chi connectivity index (χ2n) is 5.25. The van der Waals surface area contributed by atoms with Gasteiger partial charge in [-0.15, -0.1) is 0 Å². The SMILES string of the molecule is O=C(N/N=C/c1cc(Cl)ccc1OC(=O)c1ccco1)c1ccc(Cl)cc1. The van der Waals surface area contributed by atoms with Gasteiger partial charge in [0, 0.05) is 21.2 Å². The quantitative estimate of drug-likeness (QED) is 0.293. The Morgan fingerprint density at radius 3 is 2.48 bits per heavy atom. The van der Waals surface area contributed by atoms with Crippen molar-refractivity contribution in [2.75, 3.05) is 0 Å². The van der Waals surface area contributed by atoms with E-state index < -0.39 is 11.9 Å². The largest absolute Gasteiger partial charge is 0.457 e. The molecule has 136 valence electrons. The molecular formula is C19H12Cl2N2O4. The molecule has 0 aliphatic rings. The normalized spacial score (nSPS) is 10.7. The molecule has 0 aliphatic carbocycles. The molecule has 0 unspecified atom stereocenters. The van der Waals surface area contributed by atoms with Crippen LogP contribution in [-0.2, 0) is 0 Å². The number of halogens is 2. The van der Waals surface area contributed by atoms with Gasteiger partial charge in [-0.05, 0) is 54.6 Å². The molecule has 1 aromatic heterocycles. The van der Waals surface area contributed by atoms with E-state index >= 15 is 0 Å². The van der Waals surface area contributed by atoms with Crippen molar-refractivity contribution < 1.29 is 18.7 Å². The molecule has 8 heteroatoms. The molecule has 3 aromatic rings. The number of hydrogen-bond acceptors (Lipinski definition) is 5. The van der Waals surface area contributed by atoms with E-state index in [1.807, 2.05) is 0 Å². The summed E-state index contributed by atoms with van der Waals surface area (Å²) in [6.07, 6.45) is 2.69. The van der Waals surface area contributed by atoms with Gasteiger partial charge in [0.05, 0.1) is 12.5 Å². The highest BCUT2D eigenvalue weighted by Gasteiger charge is 2.14. The first-order chi connectivity index (χ1) is 13.0. The average molecular weight is 403 g/mol. The van der Waals surface area contributed by atoms with Gasteiger partial charge < -0.3 is 9.15 Å². The van der Waals surface area contributed by atoms with Crippen LogP contribution in [0.3, 0.4) is 0 Å². The third-order valence-electron chi connectivity index (χ3n) is 3.37. The van der Waals surface area contributed by atoms with E-state index in [0.29, 0.717) is 21.2 Å².